The molecule has 0 fully saturated rings. The first-order chi connectivity index (χ1) is 14.1. The lowest BCUT2D eigenvalue weighted by Gasteiger charge is -2.33. The van der Waals surface area contributed by atoms with Gasteiger partial charge in [0.1, 0.15) is 0 Å². The average Bonchev–Trinajstić information content (AvgIpc) is 2.63. The summed E-state index contributed by atoms with van der Waals surface area (Å²) < 4.78 is 0. The molecule has 11 nitrogen and oxygen atoms in total. The van der Waals surface area contributed by atoms with Crippen LogP contribution in [0.4, 0.5) is 0 Å². The second-order valence-corrected chi connectivity index (χ2v) is 6.90. The first kappa shape index (κ1) is 25.0. The third kappa shape index (κ3) is 9.43. The largest absolute Gasteiger partial charge is 0.480 e. The molecule has 0 aromatic carbocycles. The zero-order valence-electron chi connectivity index (χ0n) is 16.7. The van der Waals surface area contributed by atoms with Crippen molar-refractivity contribution in [2.45, 2.75) is 38.8 Å². The maximum absolute atomic E-state index is 11.4. The Labute approximate surface area is 173 Å². The summed E-state index contributed by atoms with van der Waals surface area (Å²) in [6.45, 7) is 0.776. The highest BCUT2D eigenvalue weighted by atomic mass is 16.4. The molecule has 0 aliphatic carbocycles. The Morgan fingerprint density at radius 2 is 1.57 bits per heavy atom. The van der Waals surface area contributed by atoms with E-state index in [0.717, 1.165) is 12.8 Å². The Morgan fingerprint density at radius 1 is 0.967 bits per heavy atom. The van der Waals surface area contributed by atoms with Crippen molar-refractivity contribution in [2.24, 2.45) is 0 Å². The van der Waals surface area contributed by atoms with E-state index in [1.54, 1.807) is 4.90 Å². The quantitative estimate of drug-likeness (QED) is 0.312. The third-order valence-corrected chi connectivity index (χ3v) is 4.37. The van der Waals surface area contributed by atoms with Crippen molar-refractivity contribution < 1.29 is 39.6 Å². The number of carboxylic acids is 4. The summed E-state index contributed by atoms with van der Waals surface area (Å²) >= 11 is 0. The highest BCUT2D eigenvalue weighted by Gasteiger charge is 2.26. The Balaban J connectivity index is 3.09. The Morgan fingerprint density at radius 3 is 2.00 bits per heavy atom. The summed E-state index contributed by atoms with van der Waals surface area (Å²) in [6.07, 6.45) is 3.27. The summed E-state index contributed by atoms with van der Waals surface area (Å²) in [7, 11) is 0. The molecule has 30 heavy (non-hydrogen) atoms. The molecule has 4 N–H and O–H groups in total. The van der Waals surface area contributed by atoms with Crippen molar-refractivity contribution in [2.75, 3.05) is 26.2 Å². The molecule has 0 bridgehead atoms. The molecule has 0 saturated heterocycles. The van der Waals surface area contributed by atoms with Crippen molar-refractivity contribution in [1.29, 1.82) is 0 Å². The van der Waals surface area contributed by atoms with E-state index in [0.29, 0.717) is 12.1 Å². The molecule has 1 heterocycles. The topological polar surface area (TPSA) is 169 Å². The van der Waals surface area contributed by atoms with Crippen LogP contribution in [-0.4, -0.2) is 91.3 Å². The van der Waals surface area contributed by atoms with Gasteiger partial charge < -0.3 is 20.4 Å². The molecule has 11 heteroatoms. The SMILES string of the molecule is CCCCC(CN(CC(=O)O)CC(=O)O)N(CC(=O)O)Cc1ccc(C(=O)O)cn1. The van der Waals surface area contributed by atoms with E-state index in [2.05, 4.69) is 4.98 Å². The number of rotatable bonds is 15. The number of hydrogen-bond donors (Lipinski definition) is 4. The standard InChI is InChI=1S/C19H27N3O8/c1-2-3-4-15(9-21(10-16(23)24)11-17(25)26)22(12-18(27)28)8-14-6-5-13(7-20-14)19(29)30/h5-7,15H,2-4,8-12H2,1H3,(H,23,24)(H,25,26)(H,27,28)(H,29,30). The molecule has 1 atom stereocenters. The first-order valence-corrected chi connectivity index (χ1v) is 9.42. The van der Waals surface area contributed by atoms with Gasteiger partial charge in [-0.05, 0) is 18.6 Å². The normalized spacial score (nSPS) is 12.1. The highest BCUT2D eigenvalue weighted by Crippen LogP contribution is 2.15. The molecular formula is C19H27N3O8. The fraction of sp³-hybridized carbons (Fsp3) is 0.526. The van der Waals surface area contributed by atoms with Gasteiger partial charge in [-0.25, -0.2) is 4.79 Å². The lowest BCUT2D eigenvalue weighted by Crippen LogP contribution is -2.48. The molecule has 0 aliphatic rings. The van der Waals surface area contributed by atoms with E-state index in [4.69, 9.17) is 15.3 Å². The van der Waals surface area contributed by atoms with E-state index >= 15 is 0 Å². The summed E-state index contributed by atoms with van der Waals surface area (Å²) in [5.41, 5.74) is 0.450. The molecule has 0 radical (unpaired) electrons. The monoisotopic (exact) mass is 425 g/mol. The molecule has 1 unspecified atom stereocenters. The molecule has 1 aromatic rings. The van der Waals surface area contributed by atoms with Crippen LogP contribution in [0.25, 0.3) is 0 Å². The number of nitrogens with zero attached hydrogens (tertiary/aromatic N) is 3. The number of unbranched alkanes of at least 4 members (excludes halogenated alkanes) is 1. The van der Waals surface area contributed by atoms with Gasteiger partial charge in [-0.1, -0.05) is 19.8 Å². The number of carboxylic acid groups (broad SMARTS) is 4. The number of pyridine rings is 1. The van der Waals surface area contributed by atoms with Crippen molar-refractivity contribution in [1.82, 2.24) is 14.8 Å². The van der Waals surface area contributed by atoms with Crippen LogP contribution in [0.2, 0.25) is 0 Å². The van der Waals surface area contributed by atoms with Gasteiger partial charge >= 0.3 is 23.9 Å². The second-order valence-electron chi connectivity index (χ2n) is 6.90. The smallest absolute Gasteiger partial charge is 0.337 e. The molecule has 0 amide bonds. The van der Waals surface area contributed by atoms with Gasteiger partial charge in [0.2, 0.25) is 0 Å². The molecule has 0 spiro atoms. The maximum atomic E-state index is 11.4. The molecule has 1 aromatic heterocycles. The third-order valence-electron chi connectivity index (χ3n) is 4.37. The van der Waals surface area contributed by atoms with Crippen LogP contribution in [0, 0.1) is 0 Å². The van der Waals surface area contributed by atoms with Crippen LogP contribution in [0.3, 0.4) is 0 Å². The molecule has 0 aliphatic heterocycles. The van der Waals surface area contributed by atoms with E-state index in [9.17, 15) is 24.3 Å². The Hall–Kier alpha value is -3.05. The van der Waals surface area contributed by atoms with Crippen LogP contribution in [0.15, 0.2) is 18.3 Å². The van der Waals surface area contributed by atoms with Crippen molar-refractivity contribution >= 4 is 23.9 Å². The van der Waals surface area contributed by atoms with E-state index in [-0.39, 0.29) is 25.2 Å². The van der Waals surface area contributed by atoms with Crippen molar-refractivity contribution in [3.8, 4) is 0 Å². The zero-order chi connectivity index (χ0) is 22.7. The molecule has 166 valence electrons. The number of hydrogen-bond acceptors (Lipinski definition) is 7. The second kappa shape index (κ2) is 12.5. The first-order valence-electron chi connectivity index (χ1n) is 9.42. The Bertz CT molecular complexity index is 722. The minimum Gasteiger partial charge on any atom is -0.480 e. The maximum Gasteiger partial charge on any atom is 0.337 e. The van der Waals surface area contributed by atoms with Gasteiger partial charge in [-0.3, -0.25) is 29.2 Å². The van der Waals surface area contributed by atoms with Gasteiger partial charge in [0.15, 0.2) is 0 Å². The van der Waals surface area contributed by atoms with Crippen molar-refractivity contribution in [3.63, 3.8) is 0 Å². The summed E-state index contributed by atoms with van der Waals surface area (Å²) in [5.74, 6) is -4.58. The van der Waals surface area contributed by atoms with Crippen LogP contribution < -0.4 is 0 Å². The molecule has 0 saturated carbocycles. The summed E-state index contributed by atoms with van der Waals surface area (Å²) in [4.78, 5) is 51.5. The van der Waals surface area contributed by atoms with Gasteiger partial charge in [-0.2, -0.15) is 0 Å². The average molecular weight is 425 g/mol. The van der Waals surface area contributed by atoms with E-state index in [1.165, 1.54) is 23.2 Å². The lowest BCUT2D eigenvalue weighted by atomic mass is 10.1. The van der Waals surface area contributed by atoms with Crippen LogP contribution in [0.1, 0.15) is 42.2 Å². The predicted octanol–water partition coefficient (Wildman–Crippen LogP) is 0.696. The minimum absolute atomic E-state index is 0.000147. The molecule has 1 rings (SSSR count). The van der Waals surface area contributed by atoms with Crippen LogP contribution >= 0.6 is 0 Å². The molecular weight excluding hydrogens is 398 g/mol. The number of aromatic nitrogens is 1. The fourth-order valence-electron chi connectivity index (χ4n) is 3.04. The number of aliphatic carboxylic acids is 3. The summed E-state index contributed by atoms with van der Waals surface area (Å²) in [5, 5.41) is 36.5. The highest BCUT2D eigenvalue weighted by molar-refractivity contribution is 5.87. The number of aromatic carboxylic acids is 1. The van der Waals surface area contributed by atoms with Gasteiger partial charge in [0.05, 0.1) is 30.9 Å². The van der Waals surface area contributed by atoms with Gasteiger partial charge in [-0.15, -0.1) is 0 Å². The van der Waals surface area contributed by atoms with Crippen LogP contribution in [0.5, 0.6) is 0 Å². The van der Waals surface area contributed by atoms with E-state index in [1.807, 2.05) is 6.92 Å². The van der Waals surface area contributed by atoms with Crippen LogP contribution in [-0.2, 0) is 20.9 Å². The minimum atomic E-state index is -1.18. The fourth-order valence-corrected chi connectivity index (χ4v) is 3.04. The lowest BCUT2D eigenvalue weighted by molar-refractivity contribution is -0.144. The van der Waals surface area contributed by atoms with E-state index < -0.39 is 43.0 Å². The van der Waals surface area contributed by atoms with Crippen molar-refractivity contribution in [3.05, 3.63) is 29.6 Å². The number of carbonyl (C=O) groups is 4. The van der Waals surface area contributed by atoms with Gasteiger partial charge in [0.25, 0.3) is 0 Å². The van der Waals surface area contributed by atoms with Gasteiger partial charge in [0, 0.05) is 25.3 Å². The summed E-state index contributed by atoms with van der Waals surface area (Å²) in [6, 6.07) is 2.42. The zero-order valence-corrected chi connectivity index (χ0v) is 16.7. The predicted molar refractivity (Wildman–Crippen MR) is 104 cm³/mol. The Kier molecular flexibility index (Phi) is 10.4.